The lowest BCUT2D eigenvalue weighted by atomic mass is 9.99. The van der Waals surface area contributed by atoms with E-state index < -0.39 is 26.1 Å². The summed E-state index contributed by atoms with van der Waals surface area (Å²) in [6, 6.07) is 14.8. The fraction of sp³-hybridized carbons (Fsp3) is 0.478. The van der Waals surface area contributed by atoms with Crippen LogP contribution in [0.25, 0.3) is 0 Å². The highest BCUT2D eigenvalue weighted by Crippen LogP contribution is 2.27. The average molecular weight is 494 g/mol. The van der Waals surface area contributed by atoms with Crippen LogP contribution in [-0.4, -0.2) is 71.5 Å². The van der Waals surface area contributed by atoms with Crippen LogP contribution in [-0.2, 0) is 24.8 Å². The van der Waals surface area contributed by atoms with Crippen molar-refractivity contribution in [1.82, 2.24) is 13.9 Å². The van der Waals surface area contributed by atoms with E-state index >= 15 is 0 Å². The molecule has 4 rings (SSSR count). The fourth-order valence-corrected chi connectivity index (χ4v) is 7.33. The van der Waals surface area contributed by atoms with E-state index in [0.717, 1.165) is 18.4 Å². The van der Waals surface area contributed by atoms with Crippen LogP contribution in [0.15, 0.2) is 64.4 Å². The lowest BCUT2D eigenvalue weighted by Gasteiger charge is -2.38. The molecule has 2 aliphatic rings. The number of nitrogens with zero attached hydrogens (tertiary/aromatic N) is 2. The van der Waals surface area contributed by atoms with Gasteiger partial charge in [0.05, 0.1) is 29.0 Å². The predicted octanol–water partition coefficient (Wildman–Crippen LogP) is 2.21. The largest absolute Gasteiger partial charge is 0.379 e. The second-order valence-corrected chi connectivity index (χ2v) is 12.1. The molecule has 2 saturated heterocycles. The summed E-state index contributed by atoms with van der Waals surface area (Å²) >= 11 is 0. The third-order valence-electron chi connectivity index (χ3n) is 6.23. The first-order valence-corrected chi connectivity index (χ1v) is 14.2. The van der Waals surface area contributed by atoms with Crippen molar-refractivity contribution < 1.29 is 21.6 Å². The van der Waals surface area contributed by atoms with Gasteiger partial charge in [0.2, 0.25) is 20.0 Å². The molecular formula is C23H31N3O5S2. The summed E-state index contributed by atoms with van der Waals surface area (Å²) in [5.74, 6) is 0. The van der Waals surface area contributed by atoms with E-state index in [2.05, 4.69) is 9.62 Å². The van der Waals surface area contributed by atoms with E-state index in [1.807, 2.05) is 37.3 Å². The SMILES string of the molecule is CC(NS(=O)(=O)c1ccc(S(=O)(=O)N2CCCC2)cc1)C(c1ccccc1)N1CCOCC1. The van der Waals surface area contributed by atoms with Crippen molar-refractivity contribution in [3.63, 3.8) is 0 Å². The van der Waals surface area contributed by atoms with Crippen LogP contribution in [0.2, 0.25) is 0 Å². The first-order valence-electron chi connectivity index (χ1n) is 11.3. The number of nitrogens with one attached hydrogen (secondary N) is 1. The first kappa shape index (κ1) is 24.3. The van der Waals surface area contributed by atoms with Gasteiger partial charge in [-0.2, -0.15) is 4.31 Å². The van der Waals surface area contributed by atoms with Crippen LogP contribution in [0.5, 0.6) is 0 Å². The number of hydrogen-bond acceptors (Lipinski definition) is 6. The maximum atomic E-state index is 13.2. The Kier molecular flexibility index (Phi) is 7.52. The number of hydrogen-bond donors (Lipinski definition) is 1. The molecule has 2 aromatic rings. The quantitative estimate of drug-likeness (QED) is 0.606. The Morgan fingerprint density at radius 1 is 0.818 bits per heavy atom. The maximum absolute atomic E-state index is 13.2. The minimum Gasteiger partial charge on any atom is -0.379 e. The predicted molar refractivity (Wildman–Crippen MR) is 126 cm³/mol. The topological polar surface area (TPSA) is 96.0 Å². The summed E-state index contributed by atoms with van der Waals surface area (Å²) in [7, 11) is -7.44. The van der Waals surface area contributed by atoms with E-state index in [1.54, 1.807) is 0 Å². The van der Waals surface area contributed by atoms with Crippen LogP contribution in [0, 0.1) is 0 Å². The molecule has 33 heavy (non-hydrogen) atoms. The van der Waals surface area contributed by atoms with Crippen LogP contribution < -0.4 is 4.72 Å². The van der Waals surface area contributed by atoms with Gasteiger partial charge in [0.25, 0.3) is 0 Å². The molecule has 2 atom stereocenters. The van der Waals surface area contributed by atoms with E-state index in [4.69, 9.17) is 4.74 Å². The zero-order valence-electron chi connectivity index (χ0n) is 18.8. The highest BCUT2D eigenvalue weighted by Gasteiger charge is 2.31. The van der Waals surface area contributed by atoms with Crippen molar-refractivity contribution in [2.24, 2.45) is 0 Å². The van der Waals surface area contributed by atoms with Gasteiger partial charge in [-0.1, -0.05) is 30.3 Å². The summed E-state index contributed by atoms with van der Waals surface area (Å²) in [5, 5.41) is 0. The Morgan fingerprint density at radius 2 is 1.39 bits per heavy atom. The Labute approximate surface area is 196 Å². The van der Waals surface area contributed by atoms with Gasteiger partial charge >= 0.3 is 0 Å². The smallest absolute Gasteiger partial charge is 0.243 e. The highest BCUT2D eigenvalue weighted by atomic mass is 32.2. The van der Waals surface area contributed by atoms with Gasteiger partial charge in [-0.3, -0.25) is 4.90 Å². The molecule has 2 fully saturated rings. The van der Waals surface area contributed by atoms with Crippen molar-refractivity contribution in [1.29, 1.82) is 0 Å². The molecule has 2 unspecified atom stereocenters. The zero-order chi connectivity index (χ0) is 23.5. The molecule has 2 aliphatic heterocycles. The normalized spacial score (nSPS) is 20.5. The molecule has 0 aliphatic carbocycles. The fourth-order valence-electron chi connectivity index (χ4n) is 4.57. The van der Waals surface area contributed by atoms with Gasteiger partial charge in [0, 0.05) is 32.2 Å². The van der Waals surface area contributed by atoms with Gasteiger partial charge in [-0.25, -0.2) is 21.6 Å². The monoisotopic (exact) mass is 493 g/mol. The van der Waals surface area contributed by atoms with Gasteiger partial charge in [0.1, 0.15) is 0 Å². The summed E-state index contributed by atoms with van der Waals surface area (Å²) in [5.41, 5.74) is 1.03. The molecule has 2 aromatic carbocycles. The number of sulfonamides is 2. The van der Waals surface area contributed by atoms with E-state index in [-0.39, 0.29) is 15.8 Å². The van der Waals surface area contributed by atoms with Crippen LogP contribution in [0.1, 0.15) is 31.4 Å². The lowest BCUT2D eigenvalue weighted by Crippen LogP contribution is -2.48. The van der Waals surface area contributed by atoms with Crippen LogP contribution in [0.3, 0.4) is 0 Å². The molecule has 2 heterocycles. The zero-order valence-corrected chi connectivity index (χ0v) is 20.4. The van der Waals surface area contributed by atoms with E-state index in [9.17, 15) is 16.8 Å². The Balaban J connectivity index is 1.54. The molecule has 0 saturated carbocycles. The van der Waals surface area contributed by atoms with Crippen molar-refractivity contribution in [3.8, 4) is 0 Å². The average Bonchev–Trinajstić information content (AvgIpc) is 3.36. The molecular weight excluding hydrogens is 462 g/mol. The van der Waals surface area contributed by atoms with Gasteiger partial charge in [0.15, 0.2) is 0 Å². The standard InChI is InChI=1S/C23H31N3O5S2/c1-19(23(20-7-3-2-4-8-20)25-15-17-31-18-16-25)24-32(27,28)21-9-11-22(12-10-21)33(29,30)26-13-5-6-14-26/h2-4,7-12,19,23-24H,5-6,13-18H2,1H3. The number of benzene rings is 2. The van der Waals surface area contributed by atoms with Crippen molar-refractivity contribution >= 4 is 20.0 Å². The highest BCUT2D eigenvalue weighted by molar-refractivity contribution is 7.89. The summed E-state index contributed by atoms with van der Waals surface area (Å²) < 4.78 is 61.5. The minimum absolute atomic E-state index is 0.0449. The first-order chi connectivity index (χ1) is 15.8. The molecule has 0 amide bonds. The molecule has 0 radical (unpaired) electrons. The third kappa shape index (κ3) is 5.47. The Hall–Kier alpha value is -1.82. The molecule has 10 heteroatoms. The lowest BCUT2D eigenvalue weighted by molar-refractivity contribution is 0.0105. The van der Waals surface area contributed by atoms with Crippen molar-refractivity contribution in [2.75, 3.05) is 39.4 Å². The van der Waals surface area contributed by atoms with E-state index in [1.165, 1.54) is 28.6 Å². The number of morpholine rings is 1. The molecule has 0 spiro atoms. The number of ether oxygens (including phenoxy) is 1. The summed E-state index contributed by atoms with van der Waals surface area (Å²) in [6.07, 6.45) is 1.69. The summed E-state index contributed by atoms with van der Waals surface area (Å²) in [4.78, 5) is 2.40. The molecule has 180 valence electrons. The van der Waals surface area contributed by atoms with Gasteiger partial charge in [-0.15, -0.1) is 0 Å². The van der Waals surface area contributed by atoms with Crippen molar-refractivity contribution in [2.45, 2.75) is 41.6 Å². The van der Waals surface area contributed by atoms with Crippen molar-refractivity contribution in [3.05, 3.63) is 60.2 Å². The minimum atomic E-state index is -3.85. The third-order valence-corrected chi connectivity index (χ3v) is 9.72. The second kappa shape index (κ2) is 10.2. The molecule has 0 aromatic heterocycles. The van der Waals surface area contributed by atoms with Gasteiger partial charge in [-0.05, 0) is 49.6 Å². The summed E-state index contributed by atoms with van der Waals surface area (Å²) in [6.45, 7) is 5.51. The second-order valence-electron chi connectivity index (χ2n) is 8.50. The maximum Gasteiger partial charge on any atom is 0.243 e. The van der Waals surface area contributed by atoms with E-state index in [0.29, 0.717) is 39.4 Å². The Bertz CT molecular complexity index is 1130. The van der Waals surface area contributed by atoms with Crippen LogP contribution >= 0.6 is 0 Å². The molecule has 8 nitrogen and oxygen atoms in total. The van der Waals surface area contributed by atoms with Crippen LogP contribution in [0.4, 0.5) is 0 Å². The molecule has 1 N–H and O–H groups in total. The molecule has 0 bridgehead atoms. The number of rotatable bonds is 8. The van der Waals surface area contributed by atoms with Gasteiger partial charge < -0.3 is 4.74 Å². The Morgan fingerprint density at radius 3 is 2.00 bits per heavy atom.